The molecule has 6 aromatic carbocycles. The maximum Gasteiger partial charge on any atom is 0.152 e. The molecule has 3 nitrogen and oxygen atoms in total. The van der Waals surface area contributed by atoms with Crippen LogP contribution in [0.15, 0.2) is 143 Å². The van der Waals surface area contributed by atoms with Gasteiger partial charge in [0.2, 0.25) is 0 Å². The van der Waals surface area contributed by atoms with Gasteiger partial charge in [-0.25, -0.2) is 4.99 Å². The summed E-state index contributed by atoms with van der Waals surface area (Å²) in [7, 11) is 0. The molecule has 1 aliphatic carbocycles. The van der Waals surface area contributed by atoms with Crippen LogP contribution in [0.5, 0.6) is 0 Å². The number of allylic oxidation sites excluding steroid dienone is 1. The number of rotatable bonds is 4. The fourth-order valence-electron chi connectivity index (χ4n) is 7.27. The highest BCUT2D eigenvalue weighted by atomic mass is 15.1. The van der Waals surface area contributed by atoms with Crippen LogP contribution >= 0.6 is 0 Å². The van der Waals surface area contributed by atoms with Crippen LogP contribution < -0.4 is 5.32 Å². The Bertz CT molecular complexity index is 2160. The second-order valence-corrected chi connectivity index (χ2v) is 11.6. The lowest BCUT2D eigenvalue weighted by Crippen LogP contribution is -2.28. The van der Waals surface area contributed by atoms with Crippen molar-refractivity contribution in [2.24, 2.45) is 9.98 Å². The zero-order valence-electron chi connectivity index (χ0n) is 24.2. The van der Waals surface area contributed by atoms with Crippen LogP contribution in [0.25, 0.3) is 71.7 Å². The number of benzene rings is 6. The number of amidine groups is 1. The Morgan fingerprint density at radius 2 is 1.09 bits per heavy atom. The second-order valence-electron chi connectivity index (χ2n) is 11.6. The first kappa shape index (κ1) is 25.0. The maximum atomic E-state index is 5.11. The van der Waals surface area contributed by atoms with Gasteiger partial charge < -0.3 is 5.32 Å². The lowest BCUT2D eigenvalue weighted by atomic mass is 9.82. The minimum Gasteiger partial charge on any atom is -0.365 e. The fraction of sp³-hybridized carbons (Fsp3) is 0.0732. The lowest BCUT2D eigenvalue weighted by Gasteiger charge is -2.20. The number of aliphatic imine (C=N–C) groups is 2. The third-order valence-corrected chi connectivity index (χ3v) is 9.10. The SMILES string of the molecule is C1=NC(C2=NC(c3ccc4c5c(cccc35)-c3c-4c(-c4ccccc4)c4ccccc4c3-c3ccccc3)=CCN2)=CCC1. The minimum absolute atomic E-state index is 0.728. The van der Waals surface area contributed by atoms with Crippen LogP contribution in [0.3, 0.4) is 0 Å². The van der Waals surface area contributed by atoms with Crippen molar-refractivity contribution in [3.8, 4) is 44.5 Å². The van der Waals surface area contributed by atoms with Gasteiger partial charge in [-0.15, -0.1) is 0 Å². The van der Waals surface area contributed by atoms with E-state index in [1.807, 2.05) is 6.21 Å². The van der Waals surface area contributed by atoms with E-state index < -0.39 is 0 Å². The summed E-state index contributed by atoms with van der Waals surface area (Å²) >= 11 is 0. The predicted molar refractivity (Wildman–Crippen MR) is 186 cm³/mol. The fourth-order valence-corrected chi connectivity index (χ4v) is 7.27. The molecule has 1 N–H and O–H groups in total. The summed E-state index contributed by atoms with van der Waals surface area (Å²) in [6.45, 7) is 0.728. The van der Waals surface area contributed by atoms with E-state index in [4.69, 9.17) is 4.99 Å². The monoisotopic (exact) mass is 563 g/mol. The van der Waals surface area contributed by atoms with Gasteiger partial charge in [-0.3, -0.25) is 4.99 Å². The quantitative estimate of drug-likeness (QED) is 0.227. The Morgan fingerprint density at radius 3 is 1.75 bits per heavy atom. The topological polar surface area (TPSA) is 36.8 Å². The van der Waals surface area contributed by atoms with Crippen molar-refractivity contribution >= 4 is 39.3 Å². The second kappa shape index (κ2) is 10.0. The van der Waals surface area contributed by atoms with E-state index >= 15 is 0 Å². The summed E-state index contributed by atoms with van der Waals surface area (Å²) in [5.74, 6) is 0.856. The minimum atomic E-state index is 0.728. The molecule has 208 valence electrons. The van der Waals surface area contributed by atoms with Crippen molar-refractivity contribution in [2.45, 2.75) is 12.8 Å². The van der Waals surface area contributed by atoms with Gasteiger partial charge in [-0.1, -0.05) is 121 Å². The zero-order valence-corrected chi connectivity index (χ0v) is 24.2. The van der Waals surface area contributed by atoms with Crippen LogP contribution in [-0.4, -0.2) is 18.6 Å². The summed E-state index contributed by atoms with van der Waals surface area (Å²) in [6, 6.07) is 42.1. The third kappa shape index (κ3) is 3.76. The van der Waals surface area contributed by atoms with Crippen LogP contribution in [0.4, 0.5) is 0 Å². The van der Waals surface area contributed by atoms with Crippen molar-refractivity contribution in [1.82, 2.24) is 5.32 Å². The average molecular weight is 564 g/mol. The summed E-state index contributed by atoms with van der Waals surface area (Å²) < 4.78 is 0. The zero-order chi connectivity index (χ0) is 29.0. The van der Waals surface area contributed by atoms with Gasteiger partial charge in [-0.2, -0.15) is 0 Å². The molecule has 2 aliphatic heterocycles. The standard InChI is InChI=1S/C41H29N3/c1-3-12-26(13-4-1)36-30-16-7-8-17-31(30)37(27-14-5-2-6-15-27)40-33-22-21-28(29-18-11-19-32(38(29)33)39(36)40)34-23-25-43-41(44-34)35-20-9-10-24-42-35/h1-8,11-24H,9-10,25H2,(H,43,44). The molecule has 0 aromatic heterocycles. The van der Waals surface area contributed by atoms with E-state index in [-0.39, 0.29) is 0 Å². The Balaban J connectivity index is 1.36. The molecule has 9 rings (SSSR count). The molecular weight excluding hydrogens is 534 g/mol. The van der Waals surface area contributed by atoms with Crippen molar-refractivity contribution in [3.05, 3.63) is 139 Å². The molecule has 3 aliphatic rings. The molecule has 0 saturated heterocycles. The van der Waals surface area contributed by atoms with E-state index in [1.165, 1.54) is 66.1 Å². The van der Waals surface area contributed by atoms with Gasteiger partial charge in [0.25, 0.3) is 0 Å². The number of hydrogen-bond acceptors (Lipinski definition) is 3. The molecule has 3 heteroatoms. The van der Waals surface area contributed by atoms with E-state index in [0.29, 0.717) is 0 Å². The van der Waals surface area contributed by atoms with Gasteiger partial charge in [0, 0.05) is 18.3 Å². The molecule has 0 bridgehead atoms. The maximum absolute atomic E-state index is 5.11. The van der Waals surface area contributed by atoms with Crippen LogP contribution in [0.2, 0.25) is 0 Å². The first-order valence-electron chi connectivity index (χ1n) is 15.4. The van der Waals surface area contributed by atoms with E-state index in [0.717, 1.165) is 42.2 Å². The van der Waals surface area contributed by atoms with Gasteiger partial charge in [0.05, 0.1) is 5.70 Å². The summed E-state index contributed by atoms with van der Waals surface area (Å²) in [5, 5.41) is 8.53. The van der Waals surface area contributed by atoms with Gasteiger partial charge in [0.15, 0.2) is 5.84 Å². The van der Waals surface area contributed by atoms with E-state index in [2.05, 4.69) is 138 Å². The number of hydrogen-bond donors (Lipinski definition) is 1. The molecule has 0 spiro atoms. The lowest BCUT2D eigenvalue weighted by molar-refractivity contribution is 0.991. The molecule has 0 saturated carbocycles. The third-order valence-electron chi connectivity index (χ3n) is 9.10. The van der Waals surface area contributed by atoms with E-state index in [9.17, 15) is 0 Å². The Labute approximate surface area is 256 Å². The van der Waals surface area contributed by atoms with Crippen LogP contribution in [0.1, 0.15) is 18.4 Å². The molecule has 6 aromatic rings. The van der Waals surface area contributed by atoms with Crippen LogP contribution in [-0.2, 0) is 0 Å². The number of nitrogens with one attached hydrogen (secondary N) is 1. The summed E-state index contributed by atoms with van der Waals surface area (Å²) in [4.78, 5) is 9.74. The molecule has 0 amide bonds. The molecule has 2 heterocycles. The first-order chi connectivity index (χ1) is 21.9. The number of fused-ring (bicyclic) bond motifs is 4. The summed E-state index contributed by atoms with van der Waals surface area (Å²) in [5.41, 5.74) is 13.4. The Hall–Kier alpha value is -5.54. The Kier molecular flexibility index (Phi) is 5.70. The first-order valence-corrected chi connectivity index (χ1v) is 15.4. The molecule has 0 unspecified atom stereocenters. The van der Waals surface area contributed by atoms with Crippen LogP contribution in [0, 0.1) is 0 Å². The van der Waals surface area contributed by atoms with E-state index in [1.54, 1.807) is 0 Å². The highest BCUT2D eigenvalue weighted by Gasteiger charge is 2.31. The van der Waals surface area contributed by atoms with Crippen molar-refractivity contribution in [2.75, 3.05) is 6.54 Å². The molecular formula is C41H29N3. The van der Waals surface area contributed by atoms with Crippen molar-refractivity contribution < 1.29 is 0 Å². The average Bonchev–Trinajstić information content (AvgIpc) is 3.43. The normalized spacial score (nSPS) is 15.0. The molecule has 0 atom stereocenters. The van der Waals surface area contributed by atoms with Crippen molar-refractivity contribution in [1.29, 1.82) is 0 Å². The van der Waals surface area contributed by atoms with Crippen molar-refractivity contribution in [3.63, 3.8) is 0 Å². The number of nitrogens with zero attached hydrogens (tertiary/aromatic N) is 2. The molecule has 0 radical (unpaired) electrons. The predicted octanol–water partition coefficient (Wildman–Crippen LogP) is 10.1. The highest BCUT2D eigenvalue weighted by molar-refractivity contribution is 6.28. The molecule has 0 fully saturated rings. The smallest absolute Gasteiger partial charge is 0.152 e. The van der Waals surface area contributed by atoms with Gasteiger partial charge >= 0.3 is 0 Å². The highest BCUT2D eigenvalue weighted by Crippen LogP contribution is 2.58. The molecule has 44 heavy (non-hydrogen) atoms. The largest absolute Gasteiger partial charge is 0.365 e. The Morgan fingerprint density at radius 1 is 0.477 bits per heavy atom. The van der Waals surface area contributed by atoms with Gasteiger partial charge in [0.1, 0.15) is 5.70 Å². The summed E-state index contributed by atoms with van der Waals surface area (Å²) in [6.07, 6.45) is 8.35. The van der Waals surface area contributed by atoms with Gasteiger partial charge in [-0.05, 0) is 85.0 Å².